The number of nitro groups is 1. The Labute approximate surface area is 160 Å². The van der Waals surface area contributed by atoms with Crippen molar-refractivity contribution in [1.82, 2.24) is 4.90 Å². The first-order chi connectivity index (χ1) is 13.3. The van der Waals surface area contributed by atoms with Gasteiger partial charge in [-0.05, 0) is 17.7 Å². The minimum absolute atomic E-state index is 0.0300. The van der Waals surface area contributed by atoms with Gasteiger partial charge in [0.15, 0.2) is 0 Å². The van der Waals surface area contributed by atoms with Gasteiger partial charge in [0, 0.05) is 18.6 Å². The Kier molecular flexibility index (Phi) is 5.40. The van der Waals surface area contributed by atoms with Gasteiger partial charge in [-0.1, -0.05) is 0 Å². The zero-order valence-electron chi connectivity index (χ0n) is 14.4. The molecule has 2 unspecified atom stereocenters. The number of primary amides is 1. The van der Waals surface area contributed by atoms with Gasteiger partial charge in [-0.25, -0.2) is 9.59 Å². The van der Waals surface area contributed by atoms with E-state index in [9.17, 15) is 28.7 Å². The largest absolute Gasteiger partial charge is 0.456 e. The third-order valence-corrected chi connectivity index (χ3v) is 5.94. The Morgan fingerprint density at radius 2 is 1.96 bits per heavy atom. The number of esters is 1. The molecule has 0 bridgehead atoms. The predicted octanol–water partition coefficient (Wildman–Crippen LogP) is 0.656. The predicted molar refractivity (Wildman–Crippen MR) is 93.5 cm³/mol. The van der Waals surface area contributed by atoms with Crippen LogP contribution in [0.1, 0.15) is 18.4 Å². The number of nitrogens with two attached hydrogens (primary N) is 1. The number of carbonyl (C=O) groups is 3. The van der Waals surface area contributed by atoms with E-state index in [2.05, 4.69) is 4.74 Å². The van der Waals surface area contributed by atoms with E-state index in [1.807, 2.05) is 0 Å². The molecule has 0 spiro atoms. The number of hydrogen-bond acceptors (Lipinski definition) is 8. The molecule has 2 aliphatic rings. The highest BCUT2D eigenvalue weighted by atomic mass is 32.2. The molecule has 2 N–H and O–H groups in total. The molecule has 0 radical (unpaired) electrons. The smallest absolute Gasteiger partial charge is 0.404 e. The summed E-state index contributed by atoms with van der Waals surface area (Å²) in [5.74, 6) is -1.21. The zero-order valence-corrected chi connectivity index (χ0v) is 15.2. The number of benzene rings is 1. The van der Waals surface area contributed by atoms with Crippen LogP contribution in [0.4, 0.5) is 10.5 Å². The number of fused-ring (bicyclic) bond motifs is 1. The Bertz CT molecular complexity index is 911. The second-order valence-electron chi connectivity index (χ2n) is 5.91. The second kappa shape index (κ2) is 7.76. The molecule has 1 aromatic carbocycles. The normalized spacial score (nSPS) is 20.4. The molecule has 148 valence electrons. The van der Waals surface area contributed by atoms with E-state index < -0.39 is 33.2 Å². The molecule has 2 amide bonds. The second-order valence-corrected chi connectivity index (χ2v) is 7.54. The first kappa shape index (κ1) is 19.5. The summed E-state index contributed by atoms with van der Waals surface area (Å²) in [6.45, 7) is -0.380. The average molecular weight is 409 g/mol. The molecule has 0 aromatic heterocycles. The molecular weight excluding hydrogens is 394 g/mol. The van der Waals surface area contributed by atoms with Crippen molar-refractivity contribution in [3.05, 3.63) is 50.5 Å². The van der Waals surface area contributed by atoms with Crippen LogP contribution in [0.15, 0.2) is 34.9 Å². The van der Waals surface area contributed by atoms with Crippen molar-refractivity contribution >= 4 is 34.5 Å². The molecule has 0 saturated carbocycles. The van der Waals surface area contributed by atoms with Crippen LogP contribution in [-0.4, -0.2) is 44.0 Å². The molecular formula is C16H15N3O8S. The molecule has 1 aromatic rings. The Morgan fingerprint density at radius 1 is 1.29 bits per heavy atom. The first-order valence-electron chi connectivity index (χ1n) is 8.08. The van der Waals surface area contributed by atoms with Crippen LogP contribution in [0, 0.1) is 10.1 Å². The highest BCUT2D eigenvalue weighted by Gasteiger charge is 2.52. The fourth-order valence-electron chi connectivity index (χ4n) is 2.83. The van der Waals surface area contributed by atoms with Crippen molar-refractivity contribution in [2.24, 2.45) is 5.73 Å². The Hall–Kier alpha value is -3.28. The van der Waals surface area contributed by atoms with Crippen LogP contribution >= 0.6 is 0 Å². The number of β-lactam (4-membered cyclic amide) rings is 1. The lowest BCUT2D eigenvalue weighted by molar-refractivity contribution is -0.384. The van der Waals surface area contributed by atoms with E-state index in [0.29, 0.717) is 5.56 Å². The molecule has 2 atom stereocenters. The number of nitro benzene ring substituents is 1. The summed E-state index contributed by atoms with van der Waals surface area (Å²) in [7, 11) is -1.61. The van der Waals surface area contributed by atoms with Crippen LogP contribution in [0.5, 0.6) is 0 Å². The number of rotatable bonds is 7. The molecule has 0 aliphatic carbocycles. The van der Waals surface area contributed by atoms with Gasteiger partial charge in [-0.15, -0.1) is 0 Å². The van der Waals surface area contributed by atoms with Crippen LogP contribution in [0.25, 0.3) is 0 Å². The van der Waals surface area contributed by atoms with E-state index in [4.69, 9.17) is 10.5 Å². The first-order valence-corrected chi connectivity index (χ1v) is 9.29. The van der Waals surface area contributed by atoms with Crippen molar-refractivity contribution in [2.75, 3.05) is 6.61 Å². The van der Waals surface area contributed by atoms with E-state index in [1.165, 1.54) is 24.3 Å². The number of nitrogens with zero attached hydrogens (tertiary/aromatic N) is 2. The molecule has 11 nitrogen and oxygen atoms in total. The summed E-state index contributed by atoms with van der Waals surface area (Å²) < 4.78 is 22.3. The number of non-ortho nitro benzene ring substituents is 1. The Morgan fingerprint density at radius 3 is 2.54 bits per heavy atom. The molecule has 12 heteroatoms. The highest BCUT2D eigenvalue weighted by molar-refractivity contribution is 7.90. The number of ether oxygens (including phenoxy) is 2. The van der Waals surface area contributed by atoms with Crippen molar-refractivity contribution in [1.29, 1.82) is 0 Å². The number of amides is 2. The third-order valence-electron chi connectivity index (χ3n) is 4.18. The fourth-order valence-corrected chi connectivity index (χ4v) is 4.52. The summed E-state index contributed by atoms with van der Waals surface area (Å²) >= 11 is 0. The van der Waals surface area contributed by atoms with Gasteiger partial charge in [0.05, 0.1) is 33.7 Å². The highest BCUT2D eigenvalue weighted by Crippen LogP contribution is 2.40. The zero-order chi connectivity index (χ0) is 20.4. The molecule has 3 rings (SSSR count). The maximum absolute atomic E-state index is 12.5. The van der Waals surface area contributed by atoms with Gasteiger partial charge in [0.1, 0.15) is 17.7 Å². The SMILES string of the molecule is NC(=O)OCCC1=C(C(=O)OCc2ccc([N+](=O)[O-])cc2)N2C(=O)CC2S1=O. The van der Waals surface area contributed by atoms with Gasteiger partial charge in [0.25, 0.3) is 5.69 Å². The fraction of sp³-hybridized carbons (Fsp3) is 0.312. The summed E-state index contributed by atoms with van der Waals surface area (Å²) in [6, 6.07) is 5.42. The molecule has 1 saturated heterocycles. The maximum Gasteiger partial charge on any atom is 0.404 e. The van der Waals surface area contributed by atoms with Crippen LogP contribution in [-0.2, 0) is 36.5 Å². The molecule has 2 aliphatic heterocycles. The van der Waals surface area contributed by atoms with E-state index in [0.717, 1.165) is 4.90 Å². The molecule has 28 heavy (non-hydrogen) atoms. The van der Waals surface area contributed by atoms with Gasteiger partial charge in [0.2, 0.25) is 5.91 Å². The number of carbonyl (C=O) groups excluding carboxylic acids is 3. The molecule has 1 fully saturated rings. The van der Waals surface area contributed by atoms with E-state index in [-0.39, 0.29) is 48.3 Å². The minimum atomic E-state index is -1.61. The Balaban J connectivity index is 1.73. The lowest BCUT2D eigenvalue weighted by Crippen LogP contribution is -2.51. The summed E-state index contributed by atoms with van der Waals surface area (Å²) in [5, 5.41) is 10.0. The van der Waals surface area contributed by atoms with Crippen molar-refractivity contribution in [3.63, 3.8) is 0 Å². The molecule has 2 heterocycles. The van der Waals surface area contributed by atoms with Gasteiger partial charge >= 0.3 is 12.1 Å². The third kappa shape index (κ3) is 3.71. The van der Waals surface area contributed by atoms with E-state index >= 15 is 0 Å². The summed E-state index contributed by atoms with van der Waals surface area (Å²) in [5.41, 5.74) is 5.17. The van der Waals surface area contributed by atoms with Crippen LogP contribution in [0.3, 0.4) is 0 Å². The topological polar surface area (TPSA) is 159 Å². The van der Waals surface area contributed by atoms with Gasteiger partial charge in [-0.3, -0.25) is 24.0 Å². The van der Waals surface area contributed by atoms with Crippen LogP contribution < -0.4 is 5.73 Å². The van der Waals surface area contributed by atoms with Gasteiger partial charge < -0.3 is 15.2 Å². The van der Waals surface area contributed by atoms with Crippen molar-refractivity contribution in [3.8, 4) is 0 Å². The quantitative estimate of drug-likeness (QED) is 0.297. The van der Waals surface area contributed by atoms with Crippen molar-refractivity contribution in [2.45, 2.75) is 24.8 Å². The van der Waals surface area contributed by atoms with Gasteiger partial charge in [-0.2, -0.15) is 0 Å². The standard InChI is InChI=1S/C16H15N3O8S/c17-16(22)26-6-5-11-14(18-12(20)7-13(18)28(11)25)15(21)27-8-9-1-3-10(4-2-9)19(23)24/h1-4,13H,5-8H2,(H2,17,22). The van der Waals surface area contributed by atoms with E-state index in [1.54, 1.807) is 0 Å². The van der Waals surface area contributed by atoms with Crippen LogP contribution in [0.2, 0.25) is 0 Å². The summed E-state index contributed by atoms with van der Waals surface area (Å²) in [6.07, 6.45) is -0.991. The number of hydrogen-bond donors (Lipinski definition) is 1. The minimum Gasteiger partial charge on any atom is -0.456 e. The average Bonchev–Trinajstić information content (AvgIpc) is 2.87. The maximum atomic E-state index is 12.5. The van der Waals surface area contributed by atoms with Crippen molar-refractivity contribution < 1.29 is 33.0 Å². The lowest BCUT2D eigenvalue weighted by Gasteiger charge is -2.33. The summed E-state index contributed by atoms with van der Waals surface area (Å²) in [4.78, 5) is 46.5. The lowest BCUT2D eigenvalue weighted by atomic mass is 10.1. The monoisotopic (exact) mass is 409 g/mol.